The van der Waals surface area contributed by atoms with Gasteiger partial charge in [0.25, 0.3) is 0 Å². The third kappa shape index (κ3) is 3.75. The maximum Gasteiger partial charge on any atom is 0.335 e. The molecule has 0 aliphatic rings. The van der Waals surface area contributed by atoms with E-state index in [0.717, 1.165) is 0 Å². The fourth-order valence-electron chi connectivity index (χ4n) is 1.11. The second-order valence-corrected chi connectivity index (χ2v) is 4.83. The number of hydrogen-bond acceptors (Lipinski definition) is 3. The Hall–Kier alpha value is -1.55. The van der Waals surface area contributed by atoms with Crippen LogP contribution in [0.25, 0.3) is 0 Å². The van der Waals surface area contributed by atoms with Crippen LogP contribution in [0.15, 0.2) is 24.3 Å². The van der Waals surface area contributed by atoms with Gasteiger partial charge in [0.05, 0.1) is 5.56 Å². The van der Waals surface area contributed by atoms with Gasteiger partial charge in [-0.3, -0.25) is 0 Å². The van der Waals surface area contributed by atoms with Gasteiger partial charge in [0.2, 0.25) is 0 Å². The molecule has 0 radical (unpaired) electrons. The van der Waals surface area contributed by atoms with Crippen LogP contribution in [0, 0.1) is 0 Å². The molecule has 0 heterocycles. The number of rotatable bonds is 5. The summed E-state index contributed by atoms with van der Waals surface area (Å²) < 4.78 is 5.62. The molecule has 1 aromatic rings. The van der Waals surface area contributed by atoms with Crippen molar-refractivity contribution in [2.24, 2.45) is 0 Å². The molecule has 0 bridgehead atoms. The highest BCUT2D eigenvalue weighted by Gasteiger charge is 2.21. The zero-order valence-electron chi connectivity index (χ0n) is 10.7. The molecule has 0 saturated carbocycles. The van der Waals surface area contributed by atoms with Crippen LogP contribution in [0.3, 0.4) is 0 Å². The van der Waals surface area contributed by atoms with Crippen molar-refractivity contribution in [3.63, 3.8) is 0 Å². The third-order valence-electron chi connectivity index (χ3n) is 2.88. The summed E-state index contributed by atoms with van der Waals surface area (Å²) >= 11 is 0. The quantitative estimate of drug-likeness (QED) is 0.852. The molecule has 1 N–H and O–H groups in total. The Labute approximate surface area is 102 Å². The summed E-state index contributed by atoms with van der Waals surface area (Å²) in [5.74, 6) is -0.359. The van der Waals surface area contributed by atoms with Crippen molar-refractivity contribution in [3.05, 3.63) is 29.8 Å². The SMILES string of the molecule is CN(C)C(C)(C)COc1cccc(C(=O)O)c1. The lowest BCUT2D eigenvalue weighted by Gasteiger charge is -2.32. The minimum atomic E-state index is -0.942. The molecule has 1 aromatic carbocycles. The highest BCUT2D eigenvalue weighted by atomic mass is 16.5. The number of hydrogen-bond donors (Lipinski definition) is 1. The topological polar surface area (TPSA) is 49.8 Å². The van der Waals surface area contributed by atoms with Crippen LogP contribution in [0.4, 0.5) is 0 Å². The van der Waals surface area contributed by atoms with Crippen LogP contribution >= 0.6 is 0 Å². The molecule has 17 heavy (non-hydrogen) atoms. The molecule has 4 nitrogen and oxygen atoms in total. The molecule has 0 aliphatic heterocycles. The largest absolute Gasteiger partial charge is 0.492 e. The van der Waals surface area contributed by atoms with Crippen molar-refractivity contribution in [2.75, 3.05) is 20.7 Å². The molecule has 4 heteroatoms. The van der Waals surface area contributed by atoms with E-state index in [9.17, 15) is 4.79 Å². The van der Waals surface area contributed by atoms with Gasteiger partial charge in [-0.05, 0) is 46.1 Å². The molecule has 0 amide bonds. The van der Waals surface area contributed by atoms with Crippen LogP contribution < -0.4 is 4.74 Å². The second kappa shape index (κ2) is 5.19. The number of aromatic carboxylic acids is 1. The van der Waals surface area contributed by atoms with Gasteiger partial charge in [0.1, 0.15) is 12.4 Å². The van der Waals surface area contributed by atoms with E-state index in [0.29, 0.717) is 12.4 Å². The molecule has 0 atom stereocenters. The Morgan fingerprint density at radius 2 is 2.06 bits per heavy atom. The molecular formula is C13H19NO3. The van der Waals surface area contributed by atoms with Gasteiger partial charge in [0.15, 0.2) is 0 Å². The fraction of sp³-hybridized carbons (Fsp3) is 0.462. The first-order valence-corrected chi connectivity index (χ1v) is 5.46. The van der Waals surface area contributed by atoms with Crippen molar-refractivity contribution >= 4 is 5.97 Å². The van der Waals surface area contributed by atoms with Crippen molar-refractivity contribution in [2.45, 2.75) is 19.4 Å². The first kappa shape index (κ1) is 13.5. The predicted molar refractivity (Wildman–Crippen MR) is 66.7 cm³/mol. The van der Waals surface area contributed by atoms with Gasteiger partial charge in [-0.2, -0.15) is 0 Å². The average molecular weight is 237 g/mol. The van der Waals surface area contributed by atoms with Crippen molar-refractivity contribution in [3.8, 4) is 5.75 Å². The highest BCUT2D eigenvalue weighted by Crippen LogP contribution is 2.17. The van der Waals surface area contributed by atoms with Crippen LogP contribution in [-0.4, -0.2) is 42.2 Å². The Bertz CT molecular complexity index is 399. The zero-order chi connectivity index (χ0) is 13.1. The Morgan fingerprint density at radius 3 is 2.59 bits per heavy atom. The lowest BCUT2D eigenvalue weighted by Crippen LogP contribution is -2.43. The van der Waals surface area contributed by atoms with Crippen molar-refractivity contribution < 1.29 is 14.6 Å². The summed E-state index contributed by atoms with van der Waals surface area (Å²) in [4.78, 5) is 12.9. The summed E-state index contributed by atoms with van der Waals surface area (Å²) in [6, 6.07) is 6.53. The van der Waals surface area contributed by atoms with E-state index >= 15 is 0 Å². The lowest BCUT2D eigenvalue weighted by molar-refractivity contribution is 0.0696. The lowest BCUT2D eigenvalue weighted by atomic mass is 10.1. The molecule has 0 unspecified atom stereocenters. The molecule has 0 saturated heterocycles. The fourth-order valence-corrected chi connectivity index (χ4v) is 1.11. The number of nitrogens with zero attached hydrogens (tertiary/aromatic N) is 1. The maximum atomic E-state index is 10.8. The average Bonchev–Trinajstić information content (AvgIpc) is 2.26. The van der Waals surface area contributed by atoms with Gasteiger partial charge >= 0.3 is 5.97 Å². The van der Waals surface area contributed by atoms with Gasteiger partial charge in [-0.25, -0.2) is 4.79 Å². The summed E-state index contributed by atoms with van der Waals surface area (Å²) in [7, 11) is 3.97. The van der Waals surface area contributed by atoms with E-state index < -0.39 is 5.97 Å². The van der Waals surface area contributed by atoms with E-state index in [4.69, 9.17) is 9.84 Å². The third-order valence-corrected chi connectivity index (χ3v) is 2.88. The molecule has 94 valence electrons. The van der Waals surface area contributed by atoms with Crippen LogP contribution in [0.5, 0.6) is 5.75 Å². The smallest absolute Gasteiger partial charge is 0.335 e. The number of likely N-dealkylation sites (N-methyl/N-ethyl adjacent to an activating group) is 1. The molecule has 0 fully saturated rings. The standard InChI is InChI=1S/C13H19NO3/c1-13(2,14(3)4)9-17-11-7-5-6-10(8-11)12(15)16/h5-8H,9H2,1-4H3,(H,15,16). The summed E-state index contributed by atoms with van der Waals surface area (Å²) in [6.45, 7) is 4.63. The van der Waals surface area contributed by atoms with Crippen LogP contribution in [0.2, 0.25) is 0 Å². The molecule has 0 aliphatic carbocycles. The summed E-state index contributed by atoms with van der Waals surface area (Å²) in [6.07, 6.45) is 0. The Kier molecular flexibility index (Phi) is 4.12. The van der Waals surface area contributed by atoms with Crippen LogP contribution in [-0.2, 0) is 0 Å². The number of carbonyl (C=O) groups is 1. The monoisotopic (exact) mass is 237 g/mol. The first-order valence-electron chi connectivity index (χ1n) is 5.46. The zero-order valence-corrected chi connectivity index (χ0v) is 10.7. The van der Waals surface area contributed by atoms with Gasteiger partial charge in [-0.1, -0.05) is 6.07 Å². The number of ether oxygens (including phenoxy) is 1. The van der Waals surface area contributed by atoms with E-state index in [-0.39, 0.29) is 11.1 Å². The maximum absolute atomic E-state index is 10.8. The molecule has 1 rings (SSSR count). The summed E-state index contributed by atoms with van der Waals surface area (Å²) in [5, 5.41) is 8.86. The Balaban J connectivity index is 2.70. The van der Waals surface area contributed by atoms with E-state index in [2.05, 4.69) is 18.7 Å². The van der Waals surface area contributed by atoms with E-state index in [1.807, 2.05) is 14.1 Å². The normalized spacial score (nSPS) is 11.6. The molecule has 0 spiro atoms. The van der Waals surface area contributed by atoms with Crippen LogP contribution in [0.1, 0.15) is 24.2 Å². The minimum Gasteiger partial charge on any atom is -0.492 e. The second-order valence-electron chi connectivity index (χ2n) is 4.83. The molecule has 0 aromatic heterocycles. The van der Waals surface area contributed by atoms with Gasteiger partial charge in [0, 0.05) is 5.54 Å². The van der Waals surface area contributed by atoms with E-state index in [1.54, 1.807) is 18.2 Å². The van der Waals surface area contributed by atoms with Gasteiger partial charge < -0.3 is 14.7 Å². The minimum absolute atomic E-state index is 0.0980. The highest BCUT2D eigenvalue weighted by molar-refractivity contribution is 5.87. The predicted octanol–water partition coefficient (Wildman–Crippen LogP) is 2.10. The number of carboxylic acids is 1. The first-order chi connectivity index (χ1) is 7.83. The summed E-state index contributed by atoms with van der Waals surface area (Å²) in [5.41, 5.74) is 0.143. The van der Waals surface area contributed by atoms with Crippen molar-refractivity contribution in [1.29, 1.82) is 0 Å². The van der Waals surface area contributed by atoms with Crippen molar-refractivity contribution in [1.82, 2.24) is 4.90 Å². The molecular weight excluding hydrogens is 218 g/mol. The Morgan fingerprint density at radius 1 is 1.41 bits per heavy atom. The van der Waals surface area contributed by atoms with Gasteiger partial charge in [-0.15, -0.1) is 0 Å². The number of benzene rings is 1. The van der Waals surface area contributed by atoms with E-state index in [1.165, 1.54) is 6.07 Å². The number of carboxylic acid groups (broad SMARTS) is 1.